The first-order valence-electron chi connectivity index (χ1n) is 6.40. The molecule has 0 bridgehead atoms. The number of guanidine groups is 1. The predicted octanol–water partition coefficient (Wildman–Crippen LogP) is 0.205. The van der Waals surface area contributed by atoms with Crippen LogP contribution in [0.3, 0.4) is 0 Å². The Morgan fingerprint density at radius 1 is 1.36 bits per heavy atom. The molecule has 1 aromatic rings. The lowest BCUT2D eigenvalue weighted by Gasteiger charge is -2.11. The first kappa shape index (κ1) is 17.7. The molecule has 0 unspecified atom stereocenters. The minimum Gasteiger partial charge on any atom is -0.378 e. The molecule has 0 saturated carbocycles. The second-order valence-electron chi connectivity index (χ2n) is 4.38. The summed E-state index contributed by atoms with van der Waals surface area (Å²) in [6.07, 6.45) is 1.01. The van der Waals surface area contributed by atoms with Crippen molar-refractivity contribution in [2.24, 2.45) is 4.99 Å². The third-order valence-electron chi connectivity index (χ3n) is 2.79. The zero-order chi connectivity index (χ0) is 16.8. The number of benzene rings is 1. The standard InChI is InChI=1S/C12H19N5O4S/c1-13-12(14-2)16-7-6-15-10-5-4-9(22(3,20)21)8-11(10)17(18)19/h4-5,8,15H,6-7H2,1-3H3,(H2,13,14,16). The molecule has 0 heterocycles. The second kappa shape index (κ2) is 7.59. The molecular formula is C12H19N5O4S. The molecule has 22 heavy (non-hydrogen) atoms. The summed E-state index contributed by atoms with van der Waals surface area (Å²) in [4.78, 5) is 14.3. The third kappa shape index (κ3) is 4.88. The number of hydrogen-bond donors (Lipinski definition) is 3. The maximum atomic E-state index is 11.4. The normalized spacial score (nSPS) is 11.9. The highest BCUT2D eigenvalue weighted by Gasteiger charge is 2.18. The zero-order valence-corrected chi connectivity index (χ0v) is 13.4. The van der Waals surface area contributed by atoms with Gasteiger partial charge >= 0.3 is 0 Å². The number of sulfone groups is 1. The number of aliphatic imine (C=N–C) groups is 1. The molecule has 0 aliphatic heterocycles. The number of nitrogens with zero attached hydrogens (tertiary/aromatic N) is 2. The van der Waals surface area contributed by atoms with E-state index in [2.05, 4.69) is 20.9 Å². The number of nitrogens with one attached hydrogen (secondary N) is 3. The molecule has 0 aliphatic carbocycles. The Hall–Kier alpha value is -2.36. The molecule has 122 valence electrons. The van der Waals surface area contributed by atoms with Crippen LogP contribution in [0.1, 0.15) is 0 Å². The molecular weight excluding hydrogens is 310 g/mol. The second-order valence-corrected chi connectivity index (χ2v) is 6.40. The fourth-order valence-electron chi connectivity index (χ4n) is 1.70. The van der Waals surface area contributed by atoms with Gasteiger partial charge < -0.3 is 16.0 Å². The van der Waals surface area contributed by atoms with Crippen molar-refractivity contribution in [1.82, 2.24) is 10.6 Å². The Kier molecular flexibility index (Phi) is 6.11. The van der Waals surface area contributed by atoms with E-state index in [-0.39, 0.29) is 16.3 Å². The molecule has 0 atom stereocenters. The van der Waals surface area contributed by atoms with Gasteiger partial charge in [-0.15, -0.1) is 0 Å². The Morgan fingerprint density at radius 3 is 2.55 bits per heavy atom. The average Bonchev–Trinajstić information content (AvgIpc) is 2.46. The van der Waals surface area contributed by atoms with Gasteiger partial charge in [-0.05, 0) is 12.1 Å². The Bertz CT molecular complexity index is 672. The van der Waals surface area contributed by atoms with Crippen molar-refractivity contribution >= 4 is 27.2 Å². The summed E-state index contributed by atoms with van der Waals surface area (Å²) >= 11 is 0. The lowest BCUT2D eigenvalue weighted by Crippen LogP contribution is -2.37. The summed E-state index contributed by atoms with van der Waals surface area (Å²) < 4.78 is 22.9. The summed E-state index contributed by atoms with van der Waals surface area (Å²) in [5.74, 6) is 0.601. The Balaban J connectivity index is 2.81. The van der Waals surface area contributed by atoms with Gasteiger partial charge in [0.25, 0.3) is 5.69 Å². The first-order chi connectivity index (χ1) is 10.3. The summed E-state index contributed by atoms with van der Waals surface area (Å²) in [5.41, 5.74) is -0.0143. The molecule has 0 spiro atoms. The van der Waals surface area contributed by atoms with Gasteiger partial charge in [0, 0.05) is 39.5 Å². The van der Waals surface area contributed by atoms with Crippen LogP contribution < -0.4 is 16.0 Å². The predicted molar refractivity (Wildman–Crippen MR) is 85.1 cm³/mol. The largest absolute Gasteiger partial charge is 0.378 e. The van der Waals surface area contributed by atoms with E-state index in [9.17, 15) is 18.5 Å². The van der Waals surface area contributed by atoms with E-state index in [0.29, 0.717) is 19.0 Å². The minimum absolute atomic E-state index is 0.0848. The molecule has 1 aromatic carbocycles. The van der Waals surface area contributed by atoms with Gasteiger partial charge in [-0.25, -0.2) is 8.42 Å². The number of anilines is 1. The van der Waals surface area contributed by atoms with E-state index in [1.165, 1.54) is 12.1 Å². The summed E-state index contributed by atoms with van der Waals surface area (Å²) in [6.45, 7) is 0.887. The monoisotopic (exact) mass is 329 g/mol. The summed E-state index contributed by atoms with van der Waals surface area (Å²) in [7, 11) is -0.142. The van der Waals surface area contributed by atoms with E-state index >= 15 is 0 Å². The highest BCUT2D eigenvalue weighted by atomic mass is 32.2. The van der Waals surface area contributed by atoms with Crippen molar-refractivity contribution in [3.8, 4) is 0 Å². The molecule has 0 aromatic heterocycles. The maximum absolute atomic E-state index is 11.4. The highest BCUT2D eigenvalue weighted by molar-refractivity contribution is 7.90. The van der Waals surface area contributed by atoms with E-state index < -0.39 is 14.8 Å². The molecule has 0 fully saturated rings. The van der Waals surface area contributed by atoms with Crippen molar-refractivity contribution in [2.75, 3.05) is 38.8 Å². The van der Waals surface area contributed by atoms with Crippen molar-refractivity contribution in [1.29, 1.82) is 0 Å². The van der Waals surface area contributed by atoms with E-state index in [1.807, 2.05) is 0 Å². The van der Waals surface area contributed by atoms with Crippen molar-refractivity contribution in [3.05, 3.63) is 28.3 Å². The van der Waals surface area contributed by atoms with Gasteiger partial charge in [0.1, 0.15) is 5.69 Å². The smallest absolute Gasteiger partial charge is 0.293 e. The molecule has 0 aliphatic rings. The molecule has 10 heteroatoms. The van der Waals surface area contributed by atoms with Gasteiger partial charge in [0.05, 0.1) is 9.82 Å². The summed E-state index contributed by atoms with van der Waals surface area (Å²) in [6, 6.07) is 3.78. The lowest BCUT2D eigenvalue weighted by atomic mass is 10.2. The quantitative estimate of drug-likeness (QED) is 0.224. The first-order valence-corrected chi connectivity index (χ1v) is 8.29. The summed E-state index contributed by atoms with van der Waals surface area (Å²) in [5, 5.41) is 19.8. The van der Waals surface area contributed by atoms with Crippen LogP contribution in [0.2, 0.25) is 0 Å². The molecule has 9 nitrogen and oxygen atoms in total. The average molecular weight is 329 g/mol. The van der Waals surface area contributed by atoms with E-state index in [4.69, 9.17) is 0 Å². The SMILES string of the molecule is CN=C(NC)NCCNc1ccc(S(C)(=O)=O)cc1[N+](=O)[O-]. The van der Waals surface area contributed by atoms with Crippen molar-refractivity contribution in [2.45, 2.75) is 4.90 Å². The van der Waals surface area contributed by atoms with Crippen LogP contribution in [0.5, 0.6) is 0 Å². The topological polar surface area (TPSA) is 126 Å². The zero-order valence-electron chi connectivity index (χ0n) is 12.6. The van der Waals surface area contributed by atoms with Gasteiger partial charge in [0.15, 0.2) is 15.8 Å². The van der Waals surface area contributed by atoms with Crippen LogP contribution in [0.25, 0.3) is 0 Å². The Labute approximate surface area is 128 Å². The van der Waals surface area contributed by atoms with Crippen LogP contribution in [0.15, 0.2) is 28.1 Å². The molecule has 1 rings (SSSR count). The molecule has 3 N–H and O–H groups in total. The van der Waals surface area contributed by atoms with E-state index in [0.717, 1.165) is 12.3 Å². The van der Waals surface area contributed by atoms with E-state index in [1.54, 1.807) is 14.1 Å². The number of nitro benzene ring substituents is 1. The van der Waals surface area contributed by atoms with Crippen LogP contribution in [-0.4, -0.2) is 52.7 Å². The molecule has 0 saturated heterocycles. The third-order valence-corrected chi connectivity index (χ3v) is 3.90. The maximum Gasteiger partial charge on any atom is 0.293 e. The Morgan fingerprint density at radius 2 is 2.05 bits per heavy atom. The van der Waals surface area contributed by atoms with Crippen LogP contribution in [0, 0.1) is 10.1 Å². The van der Waals surface area contributed by atoms with Crippen molar-refractivity contribution < 1.29 is 13.3 Å². The van der Waals surface area contributed by atoms with Gasteiger partial charge in [-0.1, -0.05) is 0 Å². The van der Waals surface area contributed by atoms with Gasteiger partial charge in [-0.3, -0.25) is 15.1 Å². The number of nitro groups is 1. The van der Waals surface area contributed by atoms with Crippen LogP contribution in [-0.2, 0) is 9.84 Å². The lowest BCUT2D eigenvalue weighted by molar-refractivity contribution is -0.384. The highest BCUT2D eigenvalue weighted by Crippen LogP contribution is 2.27. The fraction of sp³-hybridized carbons (Fsp3) is 0.417. The number of hydrogen-bond acceptors (Lipinski definition) is 6. The van der Waals surface area contributed by atoms with Gasteiger partial charge in [-0.2, -0.15) is 0 Å². The minimum atomic E-state index is -3.49. The molecule has 0 amide bonds. The van der Waals surface area contributed by atoms with Crippen LogP contribution >= 0.6 is 0 Å². The van der Waals surface area contributed by atoms with Gasteiger partial charge in [0.2, 0.25) is 0 Å². The van der Waals surface area contributed by atoms with Crippen LogP contribution in [0.4, 0.5) is 11.4 Å². The molecule has 0 radical (unpaired) electrons. The van der Waals surface area contributed by atoms with Crippen molar-refractivity contribution in [3.63, 3.8) is 0 Å². The fourth-order valence-corrected chi connectivity index (χ4v) is 2.34. The number of rotatable bonds is 6.